The van der Waals surface area contributed by atoms with Crippen molar-refractivity contribution < 1.29 is 27.9 Å². The van der Waals surface area contributed by atoms with Gasteiger partial charge in [-0.2, -0.15) is 9.97 Å². The summed E-state index contributed by atoms with van der Waals surface area (Å²) in [7, 11) is -3.46. The summed E-state index contributed by atoms with van der Waals surface area (Å²) in [6.07, 6.45) is 2.32. The number of ether oxygens (including phenoxy) is 2. The Labute approximate surface area is 168 Å². The maximum Gasteiger partial charge on any atom is 0.359 e. The van der Waals surface area contributed by atoms with Gasteiger partial charge in [-0.05, 0) is 0 Å². The number of nitrogen functional groups attached to an aromatic ring is 2. The first kappa shape index (κ1) is 23.0. The Bertz CT molecular complexity index is 863. The van der Waals surface area contributed by atoms with E-state index in [4.69, 9.17) is 30.0 Å². The van der Waals surface area contributed by atoms with E-state index in [1.165, 1.54) is 12.7 Å². The van der Waals surface area contributed by atoms with Gasteiger partial charge >= 0.3 is 13.6 Å². The second-order valence-electron chi connectivity index (χ2n) is 6.18. The number of hydrogen-bond acceptors (Lipinski definition) is 11. The summed E-state index contributed by atoms with van der Waals surface area (Å²) in [6, 6.07) is 0. The van der Waals surface area contributed by atoms with E-state index < -0.39 is 26.5 Å². The number of carbonyl (C=O) groups excluding carboxylic acids is 1. The Kier molecular flexibility index (Phi) is 8.32. The standard InChI is InChI=1S/C13H19N6O6P.C3H8/c1-2-9(20)22-6-25-26(21)7-23-8(4-24-26)3-19-5-16-10-11(14)17-13(15)18-12(10)19;1-3-2/h5,8H,2-4,6-7H2,1H3,(H4,14,15,17,18);3H2,1-2H3/t8-,26?;/m0./s1. The number of carbonyl (C=O) groups is 1. The van der Waals surface area contributed by atoms with Gasteiger partial charge < -0.3 is 30.0 Å². The van der Waals surface area contributed by atoms with E-state index >= 15 is 0 Å². The van der Waals surface area contributed by atoms with E-state index in [1.54, 1.807) is 11.5 Å². The predicted octanol–water partition coefficient (Wildman–Crippen LogP) is 1.90. The van der Waals surface area contributed by atoms with Crippen LogP contribution in [0.3, 0.4) is 0 Å². The Morgan fingerprint density at radius 3 is 2.69 bits per heavy atom. The lowest BCUT2D eigenvalue weighted by molar-refractivity contribution is -0.150. The molecule has 1 aliphatic rings. The number of anilines is 2. The third-order valence-corrected chi connectivity index (χ3v) is 5.10. The van der Waals surface area contributed by atoms with Gasteiger partial charge in [0.25, 0.3) is 0 Å². The smallest absolute Gasteiger partial charge is 0.359 e. The van der Waals surface area contributed by atoms with Crippen molar-refractivity contribution >= 4 is 36.5 Å². The molecule has 0 aromatic carbocycles. The second-order valence-corrected chi connectivity index (χ2v) is 8.18. The fraction of sp³-hybridized carbons (Fsp3) is 0.625. The number of fused-ring (bicyclic) bond motifs is 1. The topological polar surface area (TPSA) is 167 Å². The highest BCUT2D eigenvalue weighted by Gasteiger charge is 2.34. The quantitative estimate of drug-likeness (QED) is 0.390. The molecule has 12 nitrogen and oxygen atoms in total. The molecule has 0 radical (unpaired) electrons. The summed E-state index contributed by atoms with van der Waals surface area (Å²) in [5.41, 5.74) is 12.3. The monoisotopic (exact) mass is 430 g/mol. The van der Waals surface area contributed by atoms with Crippen LogP contribution in [-0.4, -0.2) is 51.3 Å². The highest BCUT2D eigenvalue weighted by molar-refractivity contribution is 7.53. The van der Waals surface area contributed by atoms with Gasteiger partial charge in [-0.1, -0.05) is 27.2 Å². The van der Waals surface area contributed by atoms with Crippen LogP contribution in [0.15, 0.2) is 6.33 Å². The van der Waals surface area contributed by atoms with E-state index in [1.807, 2.05) is 0 Å². The zero-order valence-corrected chi connectivity index (χ0v) is 17.6. The van der Waals surface area contributed by atoms with E-state index in [-0.39, 0.29) is 31.1 Å². The normalized spacial score (nSPS) is 21.4. The zero-order valence-electron chi connectivity index (χ0n) is 16.7. The van der Waals surface area contributed by atoms with E-state index in [2.05, 4.69) is 28.8 Å². The van der Waals surface area contributed by atoms with Gasteiger partial charge in [0.1, 0.15) is 18.0 Å². The molecule has 1 unspecified atom stereocenters. The number of hydrogen-bond donors (Lipinski definition) is 2. The maximum atomic E-state index is 12.3. The molecule has 2 atom stereocenters. The number of nitrogens with two attached hydrogens (primary N) is 2. The van der Waals surface area contributed by atoms with Crippen LogP contribution < -0.4 is 11.5 Å². The molecular weight excluding hydrogens is 403 g/mol. The summed E-state index contributed by atoms with van der Waals surface area (Å²) >= 11 is 0. The van der Waals surface area contributed by atoms with Gasteiger partial charge in [-0.15, -0.1) is 0 Å². The van der Waals surface area contributed by atoms with E-state index in [9.17, 15) is 9.36 Å². The minimum atomic E-state index is -3.46. The fourth-order valence-corrected chi connectivity index (χ4v) is 3.49. The SMILES string of the molecule is CCC.CCC(=O)OCOP1(=O)CO[C@@H](Cn2cnc3c(N)nc(N)nc32)CO1. The molecule has 1 fully saturated rings. The molecule has 13 heteroatoms. The van der Waals surface area contributed by atoms with Crippen molar-refractivity contribution in [3.8, 4) is 0 Å². The summed E-state index contributed by atoms with van der Waals surface area (Å²) in [5.74, 6) is -0.233. The Hall–Kier alpha value is -2.27. The highest BCUT2D eigenvalue weighted by Crippen LogP contribution is 2.50. The lowest BCUT2D eigenvalue weighted by Gasteiger charge is -2.28. The largest absolute Gasteiger partial charge is 0.438 e. The number of nitrogens with zero attached hydrogens (tertiary/aromatic N) is 4. The third-order valence-electron chi connectivity index (χ3n) is 3.59. The molecule has 1 aliphatic heterocycles. The molecule has 3 heterocycles. The number of aromatic nitrogens is 4. The number of imidazole rings is 1. The van der Waals surface area contributed by atoms with Gasteiger partial charge in [0.15, 0.2) is 11.5 Å². The number of esters is 1. The van der Waals surface area contributed by atoms with Crippen molar-refractivity contribution in [1.29, 1.82) is 0 Å². The summed E-state index contributed by atoms with van der Waals surface area (Å²) in [4.78, 5) is 23.2. The lowest BCUT2D eigenvalue weighted by atomic mass is 10.3. The molecule has 0 spiro atoms. The highest BCUT2D eigenvalue weighted by atomic mass is 31.2. The molecule has 4 N–H and O–H groups in total. The molecule has 3 rings (SSSR count). The molecule has 0 saturated carbocycles. The Balaban J connectivity index is 0.000000941. The molecule has 29 heavy (non-hydrogen) atoms. The van der Waals surface area contributed by atoms with Crippen molar-refractivity contribution in [2.75, 3.05) is 31.2 Å². The van der Waals surface area contributed by atoms with Crippen LogP contribution in [-0.2, 0) is 34.4 Å². The number of rotatable bonds is 6. The van der Waals surface area contributed by atoms with Crippen LogP contribution in [0, 0.1) is 0 Å². The van der Waals surface area contributed by atoms with Crippen LogP contribution in [0.1, 0.15) is 33.6 Å². The van der Waals surface area contributed by atoms with Crippen LogP contribution in [0.25, 0.3) is 11.2 Å². The zero-order chi connectivity index (χ0) is 21.4. The predicted molar refractivity (Wildman–Crippen MR) is 106 cm³/mol. The average molecular weight is 430 g/mol. The van der Waals surface area contributed by atoms with Crippen molar-refractivity contribution in [3.05, 3.63) is 6.33 Å². The minimum absolute atomic E-state index is 0.0225. The van der Waals surface area contributed by atoms with Crippen molar-refractivity contribution in [1.82, 2.24) is 19.5 Å². The van der Waals surface area contributed by atoms with Crippen molar-refractivity contribution in [2.45, 2.75) is 46.3 Å². The molecule has 0 amide bonds. The van der Waals surface area contributed by atoms with Crippen LogP contribution in [0.2, 0.25) is 0 Å². The van der Waals surface area contributed by atoms with Gasteiger partial charge in [0.05, 0.1) is 19.5 Å². The van der Waals surface area contributed by atoms with Crippen LogP contribution in [0.5, 0.6) is 0 Å². The Morgan fingerprint density at radius 2 is 2.07 bits per heavy atom. The first-order valence-electron chi connectivity index (χ1n) is 9.21. The summed E-state index contributed by atoms with van der Waals surface area (Å²) in [6.45, 7) is 5.80. The molecule has 1 saturated heterocycles. The first-order chi connectivity index (χ1) is 13.8. The molecule has 2 aromatic rings. The minimum Gasteiger partial charge on any atom is -0.438 e. The van der Waals surface area contributed by atoms with Gasteiger partial charge in [-0.25, -0.2) is 4.98 Å². The lowest BCUT2D eigenvalue weighted by Crippen LogP contribution is -2.30. The van der Waals surface area contributed by atoms with Gasteiger partial charge in [-0.3, -0.25) is 13.9 Å². The van der Waals surface area contributed by atoms with Crippen LogP contribution in [0.4, 0.5) is 11.8 Å². The van der Waals surface area contributed by atoms with Gasteiger partial charge in [0.2, 0.25) is 12.7 Å². The van der Waals surface area contributed by atoms with Crippen LogP contribution >= 0.6 is 7.60 Å². The van der Waals surface area contributed by atoms with E-state index in [0.29, 0.717) is 17.7 Å². The molecule has 2 aromatic heterocycles. The summed E-state index contributed by atoms with van der Waals surface area (Å²) in [5, 5.41) is 0. The van der Waals surface area contributed by atoms with Crippen molar-refractivity contribution in [2.24, 2.45) is 0 Å². The average Bonchev–Trinajstić information content (AvgIpc) is 3.07. The first-order valence-corrected chi connectivity index (χ1v) is 10.9. The molecule has 0 bridgehead atoms. The second kappa shape index (κ2) is 10.5. The van der Waals surface area contributed by atoms with E-state index in [0.717, 1.165) is 0 Å². The Morgan fingerprint density at radius 1 is 1.34 bits per heavy atom. The summed E-state index contributed by atoms with van der Waals surface area (Å²) < 4.78 is 34.6. The van der Waals surface area contributed by atoms with Gasteiger partial charge in [0, 0.05) is 6.42 Å². The molecular formula is C16H27N6O6P. The molecule has 162 valence electrons. The fourth-order valence-electron chi connectivity index (χ4n) is 2.27. The van der Waals surface area contributed by atoms with Crippen molar-refractivity contribution in [3.63, 3.8) is 0 Å². The maximum absolute atomic E-state index is 12.3. The third kappa shape index (κ3) is 6.36. The molecule has 0 aliphatic carbocycles.